The fourth-order valence-electron chi connectivity index (χ4n) is 4.02. The molecule has 1 spiro atoms. The van der Waals surface area contributed by atoms with Gasteiger partial charge < -0.3 is 14.8 Å². The van der Waals surface area contributed by atoms with Gasteiger partial charge in [-0.05, 0) is 31.4 Å². The highest BCUT2D eigenvalue weighted by Gasteiger charge is 2.43. The number of ether oxygens (including phenoxy) is 2. The Morgan fingerprint density at radius 1 is 1.27 bits per heavy atom. The van der Waals surface area contributed by atoms with Crippen LogP contribution in [-0.2, 0) is 11.3 Å². The quantitative estimate of drug-likeness (QED) is 0.881. The first kappa shape index (κ1) is 17.2. The van der Waals surface area contributed by atoms with Crippen molar-refractivity contribution < 1.29 is 9.47 Å². The Hall–Kier alpha value is -2.25. The van der Waals surface area contributed by atoms with Crippen LogP contribution in [0.5, 0.6) is 5.88 Å². The standard InChI is InChI=1S/C19H25N5O2/c1-25-17-15(4-2-7-20-17)13-24-10-6-19(14-24)12-16(5-11-26-19)23-18-21-8-3-9-22-18/h2-4,7-9,16H,5-6,10-14H2,1H3,(H,21,22,23)/t16-,19+/m0/s1. The largest absolute Gasteiger partial charge is 0.481 e. The number of methoxy groups -OCH3 is 1. The van der Waals surface area contributed by atoms with E-state index in [2.05, 4.69) is 31.2 Å². The third-order valence-electron chi connectivity index (χ3n) is 5.22. The molecule has 138 valence electrons. The van der Waals surface area contributed by atoms with Crippen molar-refractivity contribution in [2.75, 3.05) is 32.1 Å². The Morgan fingerprint density at radius 2 is 2.12 bits per heavy atom. The second-order valence-corrected chi connectivity index (χ2v) is 7.07. The van der Waals surface area contributed by atoms with Crippen LogP contribution in [0.4, 0.5) is 5.95 Å². The van der Waals surface area contributed by atoms with E-state index in [0.29, 0.717) is 17.9 Å². The van der Waals surface area contributed by atoms with Crippen molar-refractivity contribution in [1.29, 1.82) is 0 Å². The van der Waals surface area contributed by atoms with E-state index in [1.165, 1.54) is 0 Å². The molecule has 2 fully saturated rings. The Balaban J connectivity index is 1.38. The first-order chi connectivity index (χ1) is 12.8. The van der Waals surface area contributed by atoms with Crippen molar-refractivity contribution in [3.05, 3.63) is 42.4 Å². The number of anilines is 1. The molecule has 2 atom stereocenters. The number of aromatic nitrogens is 3. The van der Waals surface area contributed by atoms with E-state index >= 15 is 0 Å². The highest BCUT2D eigenvalue weighted by atomic mass is 16.5. The van der Waals surface area contributed by atoms with Crippen LogP contribution in [0.3, 0.4) is 0 Å². The summed E-state index contributed by atoms with van der Waals surface area (Å²) in [4.78, 5) is 15.3. The van der Waals surface area contributed by atoms with Crippen molar-refractivity contribution in [3.63, 3.8) is 0 Å². The van der Waals surface area contributed by atoms with Crippen LogP contribution in [-0.4, -0.2) is 58.3 Å². The maximum atomic E-state index is 6.25. The van der Waals surface area contributed by atoms with E-state index in [0.717, 1.165) is 51.1 Å². The topological polar surface area (TPSA) is 72.4 Å². The predicted octanol–water partition coefficient (Wildman–Crippen LogP) is 2.12. The van der Waals surface area contributed by atoms with Gasteiger partial charge in [-0.25, -0.2) is 15.0 Å². The fraction of sp³-hybridized carbons (Fsp3) is 0.526. The zero-order chi connectivity index (χ0) is 17.8. The minimum absolute atomic E-state index is 0.0832. The summed E-state index contributed by atoms with van der Waals surface area (Å²) in [6.07, 6.45) is 8.30. The average molecular weight is 355 g/mol. The molecule has 26 heavy (non-hydrogen) atoms. The second-order valence-electron chi connectivity index (χ2n) is 7.07. The van der Waals surface area contributed by atoms with Gasteiger partial charge in [0.05, 0.1) is 12.7 Å². The third-order valence-corrected chi connectivity index (χ3v) is 5.22. The number of pyridine rings is 1. The van der Waals surface area contributed by atoms with Crippen LogP contribution in [0.1, 0.15) is 24.8 Å². The van der Waals surface area contributed by atoms with Gasteiger partial charge in [-0.3, -0.25) is 4.90 Å². The number of likely N-dealkylation sites (tertiary alicyclic amines) is 1. The summed E-state index contributed by atoms with van der Waals surface area (Å²) in [6.45, 7) is 3.56. The average Bonchev–Trinajstić information content (AvgIpc) is 3.04. The van der Waals surface area contributed by atoms with Gasteiger partial charge in [-0.2, -0.15) is 0 Å². The highest BCUT2D eigenvalue weighted by Crippen LogP contribution is 2.36. The lowest BCUT2D eigenvalue weighted by atomic mass is 9.89. The number of hydrogen-bond acceptors (Lipinski definition) is 7. The molecule has 2 saturated heterocycles. The van der Waals surface area contributed by atoms with Crippen molar-refractivity contribution >= 4 is 5.95 Å². The molecule has 7 heteroatoms. The maximum Gasteiger partial charge on any atom is 0.222 e. The summed E-state index contributed by atoms with van der Waals surface area (Å²) in [5.74, 6) is 1.41. The zero-order valence-electron chi connectivity index (χ0n) is 15.1. The molecule has 7 nitrogen and oxygen atoms in total. The molecule has 0 aromatic carbocycles. The summed E-state index contributed by atoms with van der Waals surface area (Å²) >= 11 is 0. The highest BCUT2D eigenvalue weighted by molar-refractivity contribution is 5.26. The zero-order valence-corrected chi connectivity index (χ0v) is 15.1. The maximum absolute atomic E-state index is 6.25. The predicted molar refractivity (Wildman–Crippen MR) is 98.0 cm³/mol. The van der Waals surface area contributed by atoms with Gasteiger partial charge in [0.2, 0.25) is 11.8 Å². The summed E-state index contributed by atoms with van der Waals surface area (Å²) in [5, 5.41) is 3.46. The summed E-state index contributed by atoms with van der Waals surface area (Å²) in [6, 6.07) is 6.22. The van der Waals surface area contributed by atoms with E-state index in [1.807, 2.05) is 12.1 Å². The first-order valence-corrected chi connectivity index (χ1v) is 9.14. The van der Waals surface area contributed by atoms with Crippen LogP contribution < -0.4 is 10.1 Å². The Kier molecular flexibility index (Phi) is 4.99. The summed E-state index contributed by atoms with van der Waals surface area (Å²) in [7, 11) is 1.67. The first-order valence-electron chi connectivity index (χ1n) is 9.14. The molecule has 0 bridgehead atoms. The van der Waals surface area contributed by atoms with Gasteiger partial charge in [0.25, 0.3) is 0 Å². The molecule has 0 saturated carbocycles. The van der Waals surface area contributed by atoms with Crippen LogP contribution >= 0.6 is 0 Å². The summed E-state index contributed by atoms with van der Waals surface area (Å²) < 4.78 is 11.6. The molecule has 2 aromatic rings. The number of nitrogens with zero attached hydrogens (tertiary/aromatic N) is 4. The molecule has 2 aliphatic rings. The molecule has 0 radical (unpaired) electrons. The van der Waals surface area contributed by atoms with Gasteiger partial charge in [-0.1, -0.05) is 6.07 Å². The van der Waals surface area contributed by atoms with Crippen molar-refractivity contribution in [1.82, 2.24) is 19.9 Å². The number of nitrogens with one attached hydrogen (secondary N) is 1. The Bertz CT molecular complexity index is 729. The van der Waals surface area contributed by atoms with Crippen LogP contribution in [0, 0.1) is 0 Å². The Morgan fingerprint density at radius 3 is 2.96 bits per heavy atom. The lowest BCUT2D eigenvalue weighted by Gasteiger charge is -2.38. The molecular weight excluding hydrogens is 330 g/mol. The van der Waals surface area contributed by atoms with E-state index < -0.39 is 0 Å². The van der Waals surface area contributed by atoms with Crippen LogP contribution in [0.2, 0.25) is 0 Å². The van der Waals surface area contributed by atoms with E-state index in [9.17, 15) is 0 Å². The van der Waals surface area contributed by atoms with Crippen molar-refractivity contribution in [2.24, 2.45) is 0 Å². The monoisotopic (exact) mass is 355 g/mol. The lowest BCUT2D eigenvalue weighted by molar-refractivity contribution is -0.0737. The SMILES string of the molecule is COc1ncccc1CN1CC[C@@]2(C[C@@H](Nc3ncccn3)CCO2)C1. The van der Waals surface area contributed by atoms with Gasteiger partial charge in [0.15, 0.2) is 0 Å². The van der Waals surface area contributed by atoms with Gasteiger partial charge >= 0.3 is 0 Å². The number of hydrogen-bond donors (Lipinski definition) is 1. The second kappa shape index (κ2) is 7.55. The molecule has 1 N–H and O–H groups in total. The van der Waals surface area contributed by atoms with Crippen LogP contribution in [0.25, 0.3) is 0 Å². The van der Waals surface area contributed by atoms with Crippen molar-refractivity contribution in [3.8, 4) is 5.88 Å². The fourth-order valence-corrected chi connectivity index (χ4v) is 4.02. The van der Waals surface area contributed by atoms with E-state index in [4.69, 9.17) is 9.47 Å². The van der Waals surface area contributed by atoms with Gasteiger partial charge in [0, 0.05) is 56.4 Å². The molecule has 2 aromatic heterocycles. The molecular formula is C19H25N5O2. The minimum atomic E-state index is -0.0832. The Labute approximate surface area is 153 Å². The van der Waals surface area contributed by atoms with Gasteiger partial charge in [-0.15, -0.1) is 0 Å². The van der Waals surface area contributed by atoms with Gasteiger partial charge in [0.1, 0.15) is 0 Å². The molecule has 4 rings (SSSR count). The molecule has 0 unspecified atom stereocenters. The van der Waals surface area contributed by atoms with E-state index in [1.54, 1.807) is 25.7 Å². The molecule has 2 aliphatic heterocycles. The molecule has 0 amide bonds. The smallest absolute Gasteiger partial charge is 0.222 e. The van der Waals surface area contributed by atoms with Crippen LogP contribution in [0.15, 0.2) is 36.8 Å². The number of rotatable bonds is 5. The normalized spacial score (nSPS) is 26.1. The summed E-state index contributed by atoms with van der Waals surface area (Å²) in [5.41, 5.74) is 1.04. The van der Waals surface area contributed by atoms with E-state index in [-0.39, 0.29) is 5.60 Å². The van der Waals surface area contributed by atoms with Crippen molar-refractivity contribution in [2.45, 2.75) is 37.5 Å². The molecule has 0 aliphatic carbocycles. The molecule has 4 heterocycles. The third kappa shape index (κ3) is 3.78. The lowest BCUT2D eigenvalue weighted by Crippen LogP contribution is -2.46. The minimum Gasteiger partial charge on any atom is -0.481 e.